The molecule has 0 aliphatic rings. The zero-order valence-corrected chi connectivity index (χ0v) is 14.1. The summed E-state index contributed by atoms with van der Waals surface area (Å²) in [7, 11) is 0. The van der Waals surface area contributed by atoms with Gasteiger partial charge in [-0.25, -0.2) is 8.78 Å². The van der Waals surface area contributed by atoms with Crippen LogP contribution in [0.5, 0.6) is 0 Å². The highest BCUT2D eigenvalue weighted by Gasteiger charge is 2.17. The van der Waals surface area contributed by atoms with Gasteiger partial charge in [0.1, 0.15) is 0 Å². The van der Waals surface area contributed by atoms with E-state index in [0.29, 0.717) is 12.1 Å². The zero-order chi connectivity index (χ0) is 18.8. The van der Waals surface area contributed by atoms with E-state index < -0.39 is 23.5 Å². The Morgan fingerprint density at radius 3 is 2.44 bits per heavy atom. The first-order chi connectivity index (χ1) is 11.8. The Balaban J connectivity index is 2.70. The fraction of sp³-hybridized carbons (Fsp3) is 0.471. The third kappa shape index (κ3) is 7.73. The van der Waals surface area contributed by atoms with Crippen molar-refractivity contribution in [1.29, 1.82) is 0 Å². The van der Waals surface area contributed by atoms with E-state index in [-0.39, 0.29) is 38.3 Å². The molecule has 0 radical (unpaired) electrons. The van der Waals surface area contributed by atoms with E-state index >= 15 is 0 Å². The monoisotopic (exact) mass is 356 g/mol. The molecule has 8 heteroatoms. The molecule has 0 atom stereocenters. The number of amides is 2. The van der Waals surface area contributed by atoms with Crippen molar-refractivity contribution in [3.8, 4) is 0 Å². The molecule has 0 spiro atoms. The summed E-state index contributed by atoms with van der Waals surface area (Å²) in [5.74, 6) is -3.80. The number of nitrogens with zero attached hydrogens (tertiary/aromatic N) is 1. The number of rotatable bonds is 10. The predicted molar refractivity (Wildman–Crippen MR) is 86.6 cm³/mol. The van der Waals surface area contributed by atoms with Gasteiger partial charge in [-0.2, -0.15) is 0 Å². The SMILES string of the molecule is CCCNC(=O)CCC(=O)N(CCC(=O)O)Cc1ccc(F)c(F)c1. The number of hydrogen-bond donors (Lipinski definition) is 2. The number of benzene rings is 1. The number of hydrogen-bond acceptors (Lipinski definition) is 3. The summed E-state index contributed by atoms with van der Waals surface area (Å²) in [6, 6.07) is 3.24. The Hall–Kier alpha value is -2.51. The smallest absolute Gasteiger partial charge is 0.305 e. The molecule has 0 unspecified atom stereocenters. The molecule has 1 rings (SSSR count). The number of carboxylic acid groups (broad SMARTS) is 1. The van der Waals surface area contributed by atoms with Crippen LogP contribution in [0.25, 0.3) is 0 Å². The van der Waals surface area contributed by atoms with Crippen LogP contribution in [-0.2, 0) is 20.9 Å². The van der Waals surface area contributed by atoms with E-state index in [0.717, 1.165) is 18.6 Å². The number of carbonyl (C=O) groups is 3. The minimum absolute atomic E-state index is 0.0137. The maximum absolute atomic E-state index is 13.3. The van der Waals surface area contributed by atoms with Crippen molar-refractivity contribution in [3.63, 3.8) is 0 Å². The minimum atomic E-state index is -1.08. The lowest BCUT2D eigenvalue weighted by Gasteiger charge is -2.22. The van der Waals surface area contributed by atoms with E-state index in [2.05, 4.69) is 5.32 Å². The van der Waals surface area contributed by atoms with Gasteiger partial charge in [0.15, 0.2) is 11.6 Å². The van der Waals surface area contributed by atoms with Gasteiger partial charge in [-0.05, 0) is 24.1 Å². The van der Waals surface area contributed by atoms with Crippen molar-refractivity contribution in [3.05, 3.63) is 35.4 Å². The fourth-order valence-corrected chi connectivity index (χ4v) is 2.11. The highest BCUT2D eigenvalue weighted by Crippen LogP contribution is 2.12. The summed E-state index contributed by atoms with van der Waals surface area (Å²) in [6.45, 7) is 2.29. The standard InChI is InChI=1S/C17H22F2N2O4/c1-2-8-20-15(22)5-6-16(23)21(9-7-17(24)25)11-12-3-4-13(18)14(19)10-12/h3-4,10H,2,5-9,11H2,1H3,(H,20,22)(H,24,25). The van der Waals surface area contributed by atoms with Gasteiger partial charge in [-0.3, -0.25) is 14.4 Å². The fourth-order valence-electron chi connectivity index (χ4n) is 2.11. The first-order valence-corrected chi connectivity index (χ1v) is 8.03. The predicted octanol–water partition coefficient (Wildman–Crippen LogP) is 2.07. The summed E-state index contributed by atoms with van der Waals surface area (Å²) >= 11 is 0. The molecular formula is C17H22F2N2O4. The molecule has 0 aliphatic heterocycles. The lowest BCUT2D eigenvalue weighted by Crippen LogP contribution is -2.34. The Kier molecular flexibility index (Phi) is 8.52. The van der Waals surface area contributed by atoms with Gasteiger partial charge in [0.05, 0.1) is 6.42 Å². The van der Waals surface area contributed by atoms with Crippen molar-refractivity contribution in [2.24, 2.45) is 0 Å². The Labute approximate surface area is 144 Å². The molecular weight excluding hydrogens is 334 g/mol. The summed E-state index contributed by atoms with van der Waals surface area (Å²) in [4.78, 5) is 35.8. The Morgan fingerprint density at radius 2 is 1.84 bits per heavy atom. The molecule has 0 aromatic heterocycles. The second-order valence-corrected chi connectivity index (χ2v) is 5.56. The van der Waals surface area contributed by atoms with Crippen LogP contribution in [0.4, 0.5) is 8.78 Å². The molecule has 0 heterocycles. The van der Waals surface area contributed by atoms with E-state index in [1.807, 2.05) is 6.92 Å². The third-order valence-corrected chi connectivity index (χ3v) is 3.44. The van der Waals surface area contributed by atoms with Crippen LogP contribution < -0.4 is 5.32 Å². The number of carboxylic acids is 1. The van der Waals surface area contributed by atoms with Gasteiger partial charge in [0.2, 0.25) is 11.8 Å². The molecule has 2 N–H and O–H groups in total. The average Bonchev–Trinajstić information content (AvgIpc) is 2.57. The van der Waals surface area contributed by atoms with Gasteiger partial charge in [0, 0.05) is 32.5 Å². The van der Waals surface area contributed by atoms with Crippen LogP contribution in [0.3, 0.4) is 0 Å². The molecule has 0 saturated carbocycles. The first kappa shape index (κ1) is 20.5. The van der Waals surface area contributed by atoms with Crippen LogP contribution in [0.1, 0.15) is 38.2 Å². The molecule has 0 saturated heterocycles. The molecule has 25 heavy (non-hydrogen) atoms. The van der Waals surface area contributed by atoms with Gasteiger partial charge in [0.25, 0.3) is 0 Å². The van der Waals surface area contributed by atoms with Crippen LogP contribution in [0, 0.1) is 11.6 Å². The number of carbonyl (C=O) groups excluding carboxylic acids is 2. The quantitative estimate of drug-likeness (QED) is 0.672. The van der Waals surface area contributed by atoms with Crippen molar-refractivity contribution < 1.29 is 28.3 Å². The van der Waals surface area contributed by atoms with Crippen LogP contribution in [0.2, 0.25) is 0 Å². The van der Waals surface area contributed by atoms with Gasteiger partial charge >= 0.3 is 5.97 Å². The van der Waals surface area contributed by atoms with E-state index in [4.69, 9.17) is 5.11 Å². The number of halogens is 2. The van der Waals surface area contributed by atoms with Crippen LogP contribution in [-0.4, -0.2) is 40.9 Å². The first-order valence-electron chi connectivity index (χ1n) is 8.03. The molecule has 6 nitrogen and oxygen atoms in total. The molecule has 1 aromatic rings. The largest absolute Gasteiger partial charge is 0.481 e. The lowest BCUT2D eigenvalue weighted by atomic mass is 10.1. The van der Waals surface area contributed by atoms with Crippen molar-refractivity contribution >= 4 is 17.8 Å². The zero-order valence-electron chi connectivity index (χ0n) is 14.1. The van der Waals surface area contributed by atoms with Crippen molar-refractivity contribution in [2.75, 3.05) is 13.1 Å². The summed E-state index contributed by atoms with van der Waals surface area (Å²) in [5, 5.41) is 11.4. The Morgan fingerprint density at radius 1 is 1.12 bits per heavy atom. The van der Waals surface area contributed by atoms with E-state index in [1.165, 1.54) is 11.0 Å². The molecule has 0 aliphatic carbocycles. The van der Waals surface area contributed by atoms with E-state index in [9.17, 15) is 23.2 Å². The van der Waals surface area contributed by atoms with Crippen molar-refractivity contribution in [1.82, 2.24) is 10.2 Å². The summed E-state index contributed by atoms with van der Waals surface area (Å²) in [5.41, 5.74) is 0.341. The average molecular weight is 356 g/mol. The summed E-state index contributed by atoms with van der Waals surface area (Å²) in [6.07, 6.45) is 0.400. The van der Waals surface area contributed by atoms with Gasteiger partial charge in [-0.1, -0.05) is 13.0 Å². The number of aliphatic carboxylic acids is 1. The highest BCUT2D eigenvalue weighted by atomic mass is 19.2. The Bertz CT molecular complexity index is 623. The molecule has 2 amide bonds. The topological polar surface area (TPSA) is 86.7 Å². The van der Waals surface area contributed by atoms with Gasteiger partial charge in [-0.15, -0.1) is 0 Å². The maximum atomic E-state index is 13.3. The van der Waals surface area contributed by atoms with Crippen LogP contribution >= 0.6 is 0 Å². The maximum Gasteiger partial charge on any atom is 0.305 e. The van der Waals surface area contributed by atoms with Crippen molar-refractivity contribution in [2.45, 2.75) is 39.2 Å². The van der Waals surface area contributed by atoms with Gasteiger partial charge < -0.3 is 15.3 Å². The van der Waals surface area contributed by atoms with Crippen LogP contribution in [0.15, 0.2) is 18.2 Å². The highest BCUT2D eigenvalue weighted by molar-refractivity contribution is 5.84. The minimum Gasteiger partial charge on any atom is -0.481 e. The molecule has 138 valence electrons. The van der Waals surface area contributed by atoms with E-state index in [1.54, 1.807) is 0 Å². The second kappa shape index (κ2) is 10.4. The number of nitrogens with one attached hydrogen (secondary N) is 1. The second-order valence-electron chi connectivity index (χ2n) is 5.56. The lowest BCUT2D eigenvalue weighted by molar-refractivity contribution is -0.139. The normalized spacial score (nSPS) is 10.4. The summed E-state index contributed by atoms with van der Waals surface area (Å²) < 4.78 is 26.3. The molecule has 1 aromatic carbocycles. The third-order valence-electron chi connectivity index (χ3n) is 3.44. The molecule has 0 bridgehead atoms. The molecule has 0 fully saturated rings.